The second kappa shape index (κ2) is 7.93. The molecule has 0 heterocycles. The van der Waals surface area contributed by atoms with Gasteiger partial charge in [0.05, 0.1) is 0 Å². The first kappa shape index (κ1) is 15.8. The predicted octanol–water partition coefficient (Wildman–Crippen LogP) is 4.05. The Morgan fingerprint density at radius 3 is 2.12 bits per heavy atom. The van der Waals surface area contributed by atoms with Crippen LogP contribution in [0.2, 0.25) is 0 Å². The highest BCUT2D eigenvalue weighted by molar-refractivity contribution is 8.31. The fraction of sp³-hybridized carbons (Fsp3) is 0.455. The van der Waals surface area contributed by atoms with Crippen LogP contribution in [0.15, 0.2) is 24.3 Å². The second-order valence-corrected chi connectivity index (χ2v) is 7.08. The van der Waals surface area contributed by atoms with Gasteiger partial charge >= 0.3 is 8.26 Å². The van der Waals surface area contributed by atoms with Gasteiger partial charge in [-0.1, -0.05) is 37.6 Å². The van der Waals surface area contributed by atoms with Crippen LogP contribution in [0.4, 0.5) is 0 Å². The summed E-state index contributed by atoms with van der Waals surface area (Å²) in [5, 5.41) is 0. The monoisotopic (exact) mass is 282 g/mol. The number of benzene rings is 1. The molecule has 0 saturated carbocycles. The maximum Gasteiger partial charge on any atom is 0.317 e. The lowest BCUT2D eigenvalue weighted by atomic mass is 10.0. The first-order valence-electron chi connectivity index (χ1n) is 5.03. The normalized spacial score (nSPS) is 10.5. The molecule has 1 aromatic rings. The average molecular weight is 283 g/mol. The lowest BCUT2D eigenvalue weighted by Crippen LogP contribution is -1.87. The zero-order chi connectivity index (χ0) is 12.6. The van der Waals surface area contributed by atoms with E-state index in [9.17, 15) is 0 Å². The van der Waals surface area contributed by atoms with Gasteiger partial charge in [0.25, 0.3) is 0 Å². The van der Waals surface area contributed by atoms with Crippen LogP contribution in [0.5, 0.6) is 0 Å². The van der Waals surface area contributed by atoms with Crippen molar-refractivity contribution in [1.82, 2.24) is 0 Å². The van der Waals surface area contributed by atoms with E-state index in [2.05, 4.69) is 59.5 Å². The number of rotatable bonds is 3. The maximum absolute atomic E-state index is 9.16. The Morgan fingerprint density at radius 1 is 1.19 bits per heavy atom. The van der Waals surface area contributed by atoms with Crippen molar-refractivity contribution in [1.29, 1.82) is 0 Å². The summed E-state index contributed by atoms with van der Waals surface area (Å²) in [5.41, 5.74) is 2.94. The van der Waals surface area contributed by atoms with E-state index in [0.29, 0.717) is 0 Å². The molecule has 0 unspecified atom stereocenters. The van der Waals surface area contributed by atoms with Crippen LogP contribution < -0.4 is 0 Å². The zero-order valence-electron chi connectivity index (χ0n) is 9.41. The molecule has 0 spiro atoms. The summed E-state index contributed by atoms with van der Waals surface area (Å²) in [7, 11) is 4.81. The van der Waals surface area contributed by atoms with E-state index >= 15 is 0 Å². The highest BCUT2D eigenvalue weighted by Crippen LogP contribution is 2.09. The smallest absolute Gasteiger partial charge is 0.195 e. The summed E-state index contributed by atoms with van der Waals surface area (Å²) in [5.74, 6) is 0. The van der Waals surface area contributed by atoms with Crippen LogP contribution in [0.1, 0.15) is 30.9 Å². The largest absolute Gasteiger partial charge is 0.317 e. The molecule has 0 radical (unpaired) electrons. The maximum atomic E-state index is 9.16. The number of unbranched alkanes of at least 4 members (excludes halogenated alkanes) is 1. The topological polar surface area (TPSA) is 34.1 Å². The van der Waals surface area contributed by atoms with Gasteiger partial charge in [0.15, 0.2) is 0 Å². The zero-order valence-corrected chi connectivity index (χ0v) is 11.7. The van der Waals surface area contributed by atoms with Gasteiger partial charge in [-0.05, 0) is 30.9 Å². The standard InChI is InChI=1S/C11H16.Cl2O2S/c1-3-4-8-11-9-6-5-7-10(11)2;1-5(2,3)4/h5-7,9H,3-4,8H2,1-2H3;. The third kappa shape index (κ3) is 10.3. The van der Waals surface area contributed by atoms with Gasteiger partial charge in [-0.2, -0.15) is 8.42 Å². The van der Waals surface area contributed by atoms with Gasteiger partial charge < -0.3 is 0 Å². The van der Waals surface area contributed by atoms with Crippen LogP contribution in [-0.4, -0.2) is 8.42 Å². The van der Waals surface area contributed by atoms with Crippen LogP contribution in [0, 0.1) is 6.92 Å². The number of hydrogen-bond acceptors (Lipinski definition) is 2. The molecule has 0 aliphatic carbocycles. The molecule has 0 bridgehead atoms. The molecule has 0 aliphatic rings. The van der Waals surface area contributed by atoms with Gasteiger partial charge in [0.2, 0.25) is 0 Å². The molecular weight excluding hydrogens is 267 g/mol. The third-order valence-corrected chi connectivity index (χ3v) is 2.06. The molecule has 0 atom stereocenters. The summed E-state index contributed by atoms with van der Waals surface area (Å²) in [6.07, 6.45) is 3.84. The van der Waals surface area contributed by atoms with Gasteiger partial charge in [-0.15, -0.1) is 0 Å². The molecule has 0 saturated heterocycles. The van der Waals surface area contributed by atoms with Gasteiger partial charge in [-0.3, -0.25) is 0 Å². The van der Waals surface area contributed by atoms with E-state index in [1.807, 2.05) is 0 Å². The minimum atomic E-state index is -3.72. The first-order valence-corrected chi connectivity index (χ1v) is 8.17. The van der Waals surface area contributed by atoms with Gasteiger partial charge in [-0.25, -0.2) is 0 Å². The summed E-state index contributed by atoms with van der Waals surface area (Å²) in [6, 6.07) is 8.64. The molecule has 0 amide bonds. The summed E-state index contributed by atoms with van der Waals surface area (Å²) in [4.78, 5) is 0. The summed E-state index contributed by atoms with van der Waals surface area (Å²) >= 11 is 0. The van der Waals surface area contributed by atoms with E-state index in [1.54, 1.807) is 0 Å². The van der Waals surface area contributed by atoms with E-state index < -0.39 is 8.26 Å². The van der Waals surface area contributed by atoms with Crippen molar-refractivity contribution in [3.63, 3.8) is 0 Å². The number of halogens is 2. The minimum Gasteiger partial charge on any atom is -0.195 e. The molecule has 0 fully saturated rings. The number of aryl methyl sites for hydroxylation is 2. The lowest BCUT2D eigenvalue weighted by Gasteiger charge is -2.02. The highest BCUT2D eigenvalue weighted by atomic mass is 36.0. The molecular formula is C11H16Cl2O2S. The molecule has 92 valence electrons. The molecule has 1 rings (SSSR count). The van der Waals surface area contributed by atoms with Crippen molar-refractivity contribution in [3.05, 3.63) is 35.4 Å². The van der Waals surface area contributed by atoms with E-state index in [4.69, 9.17) is 8.42 Å². The highest BCUT2D eigenvalue weighted by Gasteiger charge is 1.94. The molecule has 0 aliphatic heterocycles. The van der Waals surface area contributed by atoms with Crippen LogP contribution in [0.25, 0.3) is 0 Å². The van der Waals surface area contributed by atoms with Crippen molar-refractivity contribution < 1.29 is 8.42 Å². The molecule has 0 aromatic heterocycles. The molecule has 5 heteroatoms. The SMILES string of the molecule is CCCCc1ccccc1C.O=S(=O)(Cl)Cl. The molecule has 1 aromatic carbocycles. The molecule has 2 nitrogen and oxygen atoms in total. The Morgan fingerprint density at radius 2 is 1.69 bits per heavy atom. The van der Waals surface area contributed by atoms with Crippen LogP contribution in [0.3, 0.4) is 0 Å². The Bertz CT molecular complexity index is 394. The fourth-order valence-electron chi connectivity index (χ4n) is 1.26. The van der Waals surface area contributed by atoms with Crippen molar-refractivity contribution >= 4 is 29.6 Å². The van der Waals surface area contributed by atoms with Crippen molar-refractivity contribution in [3.8, 4) is 0 Å². The van der Waals surface area contributed by atoms with Crippen molar-refractivity contribution in [2.45, 2.75) is 33.1 Å². The Kier molecular flexibility index (Phi) is 7.81. The minimum absolute atomic E-state index is 1.24. The van der Waals surface area contributed by atoms with Gasteiger partial charge in [0.1, 0.15) is 0 Å². The van der Waals surface area contributed by atoms with Crippen molar-refractivity contribution in [2.75, 3.05) is 0 Å². The molecule has 16 heavy (non-hydrogen) atoms. The van der Waals surface area contributed by atoms with E-state index in [-0.39, 0.29) is 0 Å². The fourth-order valence-corrected chi connectivity index (χ4v) is 1.26. The molecule has 0 N–H and O–H groups in total. The second-order valence-electron chi connectivity index (χ2n) is 3.41. The third-order valence-electron chi connectivity index (χ3n) is 2.06. The van der Waals surface area contributed by atoms with Crippen LogP contribution >= 0.6 is 21.4 Å². The van der Waals surface area contributed by atoms with Crippen molar-refractivity contribution in [2.24, 2.45) is 0 Å². The van der Waals surface area contributed by atoms with Crippen LogP contribution in [-0.2, 0) is 14.7 Å². The van der Waals surface area contributed by atoms with Gasteiger partial charge in [0, 0.05) is 21.4 Å². The summed E-state index contributed by atoms with van der Waals surface area (Å²) < 4.78 is 18.3. The van der Waals surface area contributed by atoms with E-state index in [0.717, 1.165) is 0 Å². The van der Waals surface area contributed by atoms with E-state index in [1.165, 1.54) is 30.4 Å². The number of hydrogen-bond donors (Lipinski definition) is 0. The predicted molar refractivity (Wildman–Crippen MR) is 70.4 cm³/mol. The Hall–Kier alpha value is -0.250. The first-order chi connectivity index (χ1) is 7.34. The average Bonchev–Trinajstić information content (AvgIpc) is 2.14. The summed E-state index contributed by atoms with van der Waals surface area (Å²) in [6.45, 7) is 4.42. The Balaban J connectivity index is 0.000000385. The quantitative estimate of drug-likeness (QED) is 0.784. The Labute approximate surface area is 107 Å². The lowest BCUT2D eigenvalue weighted by molar-refractivity contribution is 0.621.